The SMILES string of the molecule is CN=C(NCCSC)NC(C)c1ccc(Cl)cc1Cl. The summed E-state index contributed by atoms with van der Waals surface area (Å²) in [6, 6.07) is 5.58. The van der Waals surface area contributed by atoms with E-state index in [9.17, 15) is 0 Å². The molecule has 0 heterocycles. The standard InChI is InChI=1S/C13H19Cl2N3S/c1-9(11-5-4-10(14)8-12(11)15)18-13(16-2)17-6-7-19-3/h4-5,8-9H,6-7H2,1-3H3,(H2,16,17,18). The summed E-state index contributed by atoms with van der Waals surface area (Å²) < 4.78 is 0. The Labute approximate surface area is 129 Å². The minimum absolute atomic E-state index is 0.0604. The summed E-state index contributed by atoms with van der Waals surface area (Å²) in [5.74, 6) is 1.81. The van der Waals surface area contributed by atoms with Gasteiger partial charge in [0.05, 0.1) is 6.04 Å². The third-order valence-electron chi connectivity index (χ3n) is 2.60. The van der Waals surface area contributed by atoms with Gasteiger partial charge in [-0.25, -0.2) is 0 Å². The van der Waals surface area contributed by atoms with Gasteiger partial charge in [0.2, 0.25) is 0 Å². The van der Waals surface area contributed by atoms with Crippen molar-refractivity contribution in [1.82, 2.24) is 10.6 Å². The van der Waals surface area contributed by atoms with E-state index in [4.69, 9.17) is 23.2 Å². The van der Waals surface area contributed by atoms with Gasteiger partial charge in [-0.2, -0.15) is 11.8 Å². The van der Waals surface area contributed by atoms with Gasteiger partial charge in [0.15, 0.2) is 5.96 Å². The Bertz CT molecular complexity index is 438. The largest absolute Gasteiger partial charge is 0.356 e. The number of rotatable bonds is 5. The molecule has 106 valence electrons. The molecule has 0 aromatic heterocycles. The molecular formula is C13H19Cl2N3S. The average Bonchev–Trinajstić information content (AvgIpc) is 2.37. The molecule has 1 aromatic rings. The first-order chi connectivity index (χ1) is 9.08. The van der Waals surface area contributed by atoms with E-state index >= 15 is 0 Å². The van der Waals surface area contributed by atoms with Crippen LogP contribution in [0.3, 0.4) is 0 Å². The van der Waals surface area contributed by atoms with Gasteiger partial charge in [0.25, 0.3) is 0 Å². The number of nitrogens with zero attached hydrogens (tertiary/aromatic N) is 1. The van der Waals surface area contributed by atoms with E-state index in [1.807, 2.05) is 19.1 Å². The lowest BCUT2D eigenvalue weighted by Gasteiger charge is -2.19. The number of hydrogen-bond acceptors (Lipinski definition) is 2. The smallest absolute Gasteiger partial charge is 0.191 e. The highest BCUT2D eigenvalue weighted by Gasteiger charge is 2.11. The molecular weight excluding hydrogens is 301 g/mol. The molecule has 0 fully saturated rings. The maximum Gasteiger partial charge on any atom is 0.191 e. The molecule has 1 rings (SSSR count). The summed E-state index contributed by atoms with van der Waals surface area (Å²) in [4.78, 5) is 4.19. The van der Waals surface area contributed by atoms with E-state index in [0.717, 1.165) is 23.8 Å². The highest BCUT2D eigenvalue weighted by atomic mass is 35.5. The monoisotopic (exact) mass is 319 g/mol. The molecule has 19 heavy (non-hydrogen) atoms. The lowest BCUT2D eigenvalue weighted by molar-refractivity contribution is 0.691. The summed E-state index contributed by atoms with van der Waals surface area (Å²) in [7, 11) is 1.75. The van der Waals surface area contributed by atoms with Crippen molar-refractivity contribution in [2.24, 2.45) is 4.99 Å². The normalized spacial score (nSPS) is 13.2. The van der Waals surface area contributed by atoms with Crippen LogP contribution in [0, 0.1) is 0 Å². The van der Waals surface area contributed by atoms with Gasteiger partial charge in [0.1, 0.15) is 0 Å². The summed E-state index contributed by atoms with van der Waals surface area (Å²) in [6.45, 7) is 2.92. The number of thioether (sulfide) groups is 1. The number of hydrogen-bond donors (Lipinski definition) is 2. The number of guanidine groups is 1. The van der Waals surface area contributed by atoms with Gasteiger partial charge in [-0.1, -0.05) is 29.3 Å². The molecule has 0 aliphatic rings. The first kappa shape index (κ1) is 16.5. The fourth-order valence-corrected chi connectivity index (χ4v) is 2.48. The second kappa shape index (κ2) is 8.56. The fraction of sp³-hybridized carbons (Fsp3) is 0.462. The molecule has 0 amide bonds. The molecule has 0 aliphatic heterocycles. The molecule has 0 radical (unpaired) electrons. The molecule has 0 aliphatic carbocycles. The number of nitrogens with one attached hydrogen (secondary N) is 2. The maximum atomic E-state index is 6.19. The topological polar surface area (TPSA) is 36.4 Å². The van der Waals surface area contributed by atoms with Gasteiger partial charge in [-0.15, -0.1) is 0 Å². The second-order valence-electron chi connectivity index (χ2n) is 4.02. The molecule has 0 saturated heterocycles. The van der Waals surface area contributed by atoms with Crippen molar-refractivity contribution in [2.45, 2.75) is 13.0 Å². The van der Waals surface area contributed by atoms with E-state index in [0.29, 0.717) is 10.0 Å². The van der Waals surface area contributed by atoms with Crippen molar-refractivity contribution >= 4 is 40.9 Å². The van der Waals surface area contributed by atoms with Crippen molar-refractivity contribution in [1.29, 1.82) is 0 Å². The van der Waals surface area contributed by atoms with Crippen LogP contribution in [0.4, 0.5) is 0 Å². The molecule has 0 saturated carbocycles. The molecule has 6 heteroatoms. The molecule has 1 atom stereocenters. The van der Waals surface area contributed by atoms with E-state index in [1.165, 1.54) is 0 Å². The zero-order valence-electron chi connectivity index (χ0n) is 11.3. The lowest BCUT2D eigenvalue weighted by atomic mass is 10.1. The van der Waals surface area contributed by atoms with E-state index in [1.54, 1.807) is 24.9 Å². The van der Waals surface area contributed by atoms with E-state index in [-0.39, 0.29) is 6.04 Å². The first-order valence-corrected chi connectivity index (χ1v) is 8.14. The highest BCUT2D eigenvalue weighted by molar-refractivity contribution is 7.98. The van der Waals surface area contributed by atoms with Crippen molar-refractivity contribution in [3.8, 4) is 0 Å². The van der Waals surface area contributed by atoms with Crippen molar-refractivity contribution in [2.75, 3.05) is 25.6 Å². The van der Waals surface area contributed by atoms with Crippen LogP contribution < -0.4 is 10.6 Å². The predicted molar refractivity (Wildman–Crippen MR) is 87.8 cm³/mol. The quantitative estimate of drug-likeness (QED) is 0.495. The Morgan fingerprint density at radius 2 is 2.16 bits per heavy atom. The number of benzene rings is 1. The van der Waals surface area contributed by atoms with Gasteiger partial charge < -0.3 is 10.6 Å². The molecule has 1 unspecified atom stereocenters. The summed E-state index contributed by atoms with van der Waals surface area (Å²) in [5.41, 5.74) is 0.999. The predicted octanol–water partition coefficient (Wildman–Crippen LogP) is 3.58. The molecule has 3 nitrogen and oxygen atoms in total. The van der Waals surface area contributed by atoms with Crippen molar-refractivity contribution in [3.63, 3.8) is 0 Å². The fourth-order valence-electron chi connectivity index (χ4n) is 1.60. The van der Waals surface area contributed by atoms with E-state index < -0.39 is 0 Å². The zero-order valence-corrected chi connectivity index (χ0v) is 13.7. The van der Waals surface area contributed by atoms with Crippen LogP contribution in [0.25, 0.3) is 0 Å². The van der Waals surface area contributed by atoms with Gasteiger partial charge >= 0.3 is 0 Å². The number of halogens is 2. The van der Waals surface area contributed by atoms with Crippen LogP contribution in [-0.2, 0) is 0 Å². The van der Waals surface area contributed by atoms with Crippen molar-refractivity contribution in [3.05, 3.63) is 33.8 Å². The average molecular weight is 320 g/mol. The van der Waals surface area contributed by atoms with E-state index in [2.05, 4.69) is 21.9 Å². The Balaban J connectivity index is 2.64. The third kappa shape index (κ3) is 5.51. The van der Waals surface area contributed by atoms with Gasteiger partial charge in [-0.05, 0) is 30.9 Å². The molecule has 0 bridgehead atoms. The van der Waals surface area contributed by atoms with Gasteiger partial charge in [-0.3, -0.25) is 4.99 Å². The molecule has 2 N–H and O–H groups in total. The van der Waals surface area contributed by atoms with Crippen LogP contribution in [-0.4, -0.2) is 31.6 Å². The number of aliphatic imine (C=N–C) groups is 1. The summed E-state index contributed by atoms with van der Waals surface area (Å²) in [5, 5.41) is 7.86. The minimum atomic E-state index is 0.0604. The molecule has 0 spiro atoms. The Hall–Kier alpha value is -0.580. The van der Waals surface area contributed by atoms with Crippen LogP contribution in [0.2, 0.25) is 10.0 Å². The first-order valence-electron chi connectivity index (χ1n) is 5.99. The van der Waals surface area contributed by atoms with Gasteiger partial charge in [0, 0.05) is 29.4 Å². The van der Waals surface area contributed by atoms with Crippen LogP contribution in [0.15, 0.2) is 23.2 Å². The summed E-state index contributed by atoms with van der Waals surface area (Å²) >= 11 is 13.9. The van der Waals surface area contributed by atoms with Crippen LogP contribution in [0.1, 0.15) is 18.5 Å². The second-order valence-corrected chi connectivity index (χ2v) is 5.85. The maximum absolute atomic E-state index is 6.19. The van der Waals surface area contributed by atoms with Crippen molar-refractivity contribution < 1.29 is 0 Å². The highest BCUT2D eigenvalue weighted by Crippen LogP contribution is 2.25. The Kier molecular flexibility index (Phi) is 7.42. The summed E-state index contributed by atoms with van der Waals surface area (Å²) in [6.07, 6.45) is 2.08. The van der Waals surface area contributed by atoms with Crippen LogP contribution >= 0.6 is 35.0 Å². The van der Waals surface area contributed by atoms with Crippen LogP contribution in [0.5, 0.6) is 0 Å². The Morgan fingerprint density at radius 1 is 1.42 bits per heavy atom. The third-order valence-corrected chi connectivity index (χ3v) is 3.78. The minimum Gasteiger partial charge on any atom is -0.356 e. The zero-order chi connectivity index (χ0) is 14.3. The lowest BCUT2D eigenvalue weighted by Crippen LogP contribution is -2.39. The Morgan fingerprint density at radius 3 is 2.74 bits per heavy atom. The molecule has 1 aromatic carbocycles.